The fourth-order valence-corrected chi connectivity index (χ4v) is 4.09. The van der Waals surface area contributed by atoms with Gasteiger partial charge in [0, 0.05) is 18.9 Å². The van der Waals surface area contributed by atoms with E-state index >= 15 is 0 Å². The number of phenols is 1. The van der Waals surface area contributed by atoms with E-state index in [1.165, 1.54) is 0 Å². The van der Waals surface area contributed by atoms with Gasteiger partial charge in [0.1, 0.15) is 5.60 Å². The van der Waals surface area contributed by atoms with Gasteiger partial charge in [-0.25, -0.2) is 0 Å². The van der Waals surface area contributed by atoms with Crippen molar-refractivity contribution in [3.63, 3.8) is 0 Å². The summed E-state index contributed by atoms with van der Waals surface area (Å²) in [5.41, 5.74) is 1.86. The fraction of sp³-hybridized carbons (Fsp3) is 0.500. The van der Waals surface area contributed by atoms with E-state index in [2.05, 4.69) is 6.58 Å². The van der Waals surface area contributed by atoms with Crippen molar-refractivity contribution in [3.8, 4) is 11.5 Å². The number of amides is 1. The minimum absolute atomic E-state index is 0.00262. The molecule has 0 bridgehead atoms. The van der Waals surface area contributed by atoms with Crippen molar-refractivity contribution in [1.29, 1.82) is 0 Å². The van der Waals surface area contributed by atoms with Crippen LogP contribution in [-0.2, 0) is 16.0 Å². The minimum atomic E-state index is -0.326. The van der Waals surface area contributed by atoms with Crippen LogP contribution in [0.15, 0.2) is 24.8 Å². The number of phenolic OH excluding ortho intramolecular Hbond substituents is 1. The summed E-state index contributed by atoms with van der Waals surface area (Å²) in [5, 5.41) is 10.1. The lowest BCUT2D eigenvalue weighted by Crippen LogP contribution is -2.47. The molecule has 0 aromatic heterocycles. The van der Waals surface area contributed by atoms with Crippen molar-refractivity contribution in [1.82, 2.24) is 4.90 Å². The van der Waals surface area contributed by atoms with Gasteiger partial charge in [0.05, 0.1) is 19.8 Å². The first kappa shape index (κ1) is 14.6. The molecule has 0 unspecified atom stereocenters. The first-order chi connectivity index (χ1) is 11.1. The highest BCUT2D eigenvalue weighted by Gasteiger charge is 2.53. The summed E-state index contributed by atoms with van der Waals surface area (Å²) in [5.74, 6) is 0.945. The van der Waals surface area contributed by atoms with Gasteiger partial charge in [0.15, 0.2) is 11.5 Å². The van der Waals surface area contributed by atoms with Crippen molar-refractivity contribution in [3.05, 3.63) is 35.9 Å². The highest BCUT2D eigenvalue weighted by atomic mass is 16.6. The Bertz CT molecular complexity index is 680. The van der Waals surface area contributed by atoms with Crippen LogP contribution in [0.1, 0.15) is 30.0 Å². The zero-order valence-corrected chi connectivity index (χ0v) is 13.2. The zero-order valence-electron chi connectivity index (χ0n) is 13.2. The van der Waals surface area contributed by atoms with Gasteiger partial charge in [0.2, 0.25) is 5.91 Å². The number of ether oxygens (including phenoxy) is 2. The van der Waals surface area contributed by atoms with E-state index in [0.717, 1.165) is 30.5 Å². The predicted octanol–water partition coefficient (Wildman–Crippen LogP) is 2.19. The molecule has 1 aromatic carbocycles. The number of hydrogen-bond donors (Lipinski definition) is 1. The van der Waals surface area contributed by atoms with Gasteiger partial charge in [-0.3, -0.25) is 4.79 Å². The van der Waals surface area contributed by atoms with E-state index in [1.807, 2.05) is 17.0 Å². The summed E-state index contributed by atoms with van der Waals surface area (Å²) < 4.78 is 10.8. The standard InChI is InChI=1S/C18H21NO4/c1-3-18(10-23-18)12-7-14-13-9-15(20)16(22-2)6-11(13)4-5-19(14)17(21)8-12/h3,6,9,12,14,20H,1,4-5,7-8,10H2,2H3/t12-,14+,18+/m1/s1. The molecule has 1 N–H and O–H groups in total. The van der Waals surface area contributed by atoms with E-state index in [1.54, 1.807) is 13.2 Å². The maximum absolute atomic E-state index is 12.6. The van der Waals surface area contributed by atoms with Crippen LogP contribution < -0.4 is 4.74 Å². The number of fused-ring (bicyclic) bond motifs is 3. The Morgan fingerprint density at radius 2 is 2.30 bits per heavy atom. The molecule has 1 amide bonds. The van der Waals surface area contributed by atoms with Gasteiger partial charge in [-0.15, -0.1) is 6.58 Å². The zero-order chi connectivity index (χ0) is 16.2. The SMILES string of the molecule is C=C[C@@]1([C@H]2CC(=O)N3CCc4cc(OC)c(O)cc4[C@@H]3C2)CO1. The molecule has 0 saturated carbocycles. The van der Waals surface area contributed by atoms with Crippen LogP contribution in [0.5, 0.6) is 11.5 Å². The van der Waals surface area contributed by atoms with E-state index < -0.39 is 0 Å². The van der Waals surface area contributed by atoms with Crippen LogP contribution in [0, 0.1) is 5.92 Å². The number of hydrogen-bond acceptors (Lipinski definition) is 4. The Morgan fingerprint density at radius 3 is 2.96 bits per heavy atom. The Balaban J connectivity index is 1.71. The first-order valence-corrected chi connectivity index (χ1v) is 8.05. The minimum Gasteiger partial charge on any atom is -0.504 e. The molecule has 122 valence electrons. The summed E-state index contributed by atoms with van der Waals surface area (Å²) in [7, 11) is 1.55. The maximum Gasteiger partial charge on any atom is 0.223 e. The van der Waals surface area contributed by atoms with Gasteiger partial charge < -0.3 is 19.5 Å². The molecule has 5 nitrogen and oxygen atoms in total. The molecule has 0 radical (unpaired) electrons. The third-order valence-electron chi connectivity index (χ3n) is 5.56. The number of piperidine rings is 1. The molecule has 2 saturated heterocycles. The normalized spacial score (nSPS) is 32.0. The van der Waals surface area contributed by atoms with Crippen LogP contribution in [-0.4, -0.2) is 41.8 Å². The molecule has 1 aromatic rings. The Labute approximate surface area is 135 Å². The predicted molar refractivity (Wildman–Crippen MR) is 84.4 cm³/mol. The van der Waals surface area contributed by atoms with Crippen LogP contribution in [0.3, 0.4) is 0 Å². The smallest absolute Gasteiger partial charge is 0.223 e. The Hall–Kier alpha value is -2.01. The Kier molecular flexibility index (Phi) is 3.17. The molecule has 23 heavy (non-hydrogen) atoms. The summed E-state index contributed by atoms with van der Waals surface area (Å²) in [4.78, 5) is 14.5. The van der Waals surface area contributed by atoms with Gasteiger partial charge in [-0.1, -0.05) is 6.08 Å². The van der Waals surface area contributed by atoms with Gasteiger partial charge in [0.25, 0.3) is 0 Å². The molecule has 3 heterocycles. The van der Waals surface area contributed by atoms with E-state index in [0.29, 0.717) is 18.8 Å². The lowest BCUT2D eigenvalue weighted by molar-refractivity contribution is -0.140. The number of aromatic hydroxyl groups is 1. The molecule has 3 atom stereocenters. The van der Waals surface area contributed by atoms with Gasteiger partial charge >= 0.3 is 0 Å². The number of rotatable bonds is 3. The summed E-state index contributed by atoms with van der Waals surface area (Å²) in [6, 6.07) is 3.66. The number of methoxy groups -OCH3 is 1. The average Bonchev–Trinajstić information content (AvgIpc) is 3.35. The highest BCUT2D eigenvalue weighted by Crippen LogP contribution is 2.49. The summed E-state index contributed by atoms with van der Waals surface area (Å²) >= 11 is 0. The maximum atomic E-state index is 12.6. The molecule has 5 heteroatoms. The summed E-state index contributed by atoms with van der Waals surface area (Å²) in [6.45, 7) is 5.25. The van der Waals surface area contributed by atoms with Crippen LogP contribution in [0.2, 0.25) is 0 Å². The third-order valence-corrected chi connectivity index (χ3v) is 5.56. The first-order valence-electron chi connectivity index (χ1n) is 8.05. The number of carbonyl (C=O) groups excluding carboxylic acids is 1. The second-order valence-electron chi connectivity index (χ2n) is 6.66. The van der Waals surface area contributed by atoms with E-state index in [-0.39, 0.29) is 29.2 Å². The lowest BCUT2D eigenvalue weighted by atomic mass is 9.76. The lowest BCUT2D eigenvalue weighted by Gasteiger charge is -2.44. The van der Waals surface area contributed by atoms with Crippen molar-refractivity contribution >= 4 is 5.91 Å². The second kappa shape index (κ2) is 4.99. The molecule has 2 fully saturated rings. The third kappa shape index (κ3) is 2.14. The largest absolute Gasteiger partial charge is 0.504 e. The topological polar surface area (TPSA) is 62.3 Å². The van der Waals surface area contributed by atoms with E-state index in [4.69, 9.17) is 9.47 Å². The van der Waals surface area contributed by atoms with Crippen LogP contribution >= 0.6 is 0 Å². The molecule has 3 aliphatic rings. The van der Waals surface area contributed by atoms with E-state index in [9.17, 15) is 9.90 Å². The van der Waals surface area contributed by atoms with Crippen molar-refractivity contribution in [2.24, 2.45) is 5.92 Å². The molecule has 0 spiro atoms. The molecule has 4 rings (SSSR count). The quantitative estimate of drug-likeness (QED) is 0.686. The van der Waals surface area contributed by atoms with Crippen LogP contribution in [0.25, 0.3) is 0 Å². The van der Waals surface area contributed by atoms with Crippen LogP contribution in [0.4, 0.5) is 0 Å². The fourth-order valence-electron chi connectivity index (χ4n) is 4.09. The number of carbonyl (C=O) groups is 1. The highest BCUT2D eigenvalue weighted by molar-refractivity contribution is 5.79. The monoisotopic (exact) mass is 315 g/mol. The molecular weight excluding hydrogens is 294 g/mol. The molecular formula is C18H21NO4. The molecule has 0 aliphatic carbocycles. The van der Waals surface area contributed by atoms with Gasteiger partial charge in [-0.2, -0.15) is 0 Å². The molecule has 3 aliphatic heterocycles. The number of epoxide rings is 1. The van der Waals surface area contributed by atoms with Crippen molar-refractivity contribution in [2.45, 2.75) is 30.9 Å². The average molecular weight is 315 g/mol. The Morgan fingerprint density at radius 1 is 1.52 bits per heavy atom. The van der Waals surface area contributed by atoms with Crippen molar-refractivity contribution < 1.29 is 19.4 Å². The van der Waals surface area contributed by atoms with Crippen molar-refractivity contribution in [2.75, 3.05) is 20.3 Å². The number of benzene rings is 1. The van der Waals surface area contributed by atoms with Gasteiger partial charge in [-0.05, 0) is 36.1 Å². The second-order valence-corrected chi connectivity index (χ2v) is 6.66. The summed E-state index contributed by atoms with van der Waals surface area (Å²) in [6.07, 6.45) is 3.99. The number of nitrogens with zero attached hydrogens (tertiary/aromatic N) is 1.